The number of piperazine rings is 1. The standard InChI is InChI=1S/C16H28N4/c1-3-7-16(17-2)20-14-12-19(13-15-20)11-10-18-8-5-4-6-9-18/h3,7H,1-2,4-6,8-15H2/b16-7+. The molecular formula is C16H28N4. The Balaban J connectivity index is 1.69. The van der Waals surface area contributed by atoms with Crippen molar-refractivity contribution in [3.05, 3.63) is 24.6 Å². The van der Waals surface area contributed by atoms with Crippen LogP contribution in [0.4, 0.5) is 0 Å². The summed E-state index contributed by atoms with van der Waals surface area (Å²) in [6.07, 6.45) is 7.91. The molecular weight excluding hydrogens is 248 g/mol. The van der Waals surface area contributed by atoms with E-state index >= 15 is 0 Å². The predicted octanol–water partition coefficient (Wildman–Crippen LogP) is 1.82. The second-order valence-electron chi connectivity index (χ2n) is 5.65. The van der Waals surface area contributed by atoms with Gasteiger partial charge >= 0.3 is 0 Å². The van der Waals surface area contributed by atoms with Gasteiger partial charge in [-0.1, -0.05) is 19.1 Å². The Kier molecular flexibility index (Phi) is 6.27. The van der Waals surface area contributed by atoms with Crippen molar-refractivity contribution in [1.29, 1.82) is 0 Å². The molecule has 0 saturated carbocycles. The Hall–Kier alpha value is -1.13. The molecule has 20 heavy (non-hydrogen) atoms. The summed E-state index contributed by atoms with van der Waals surface area (Å²) in [4.78, 5) is 11.6. The number of piperidine rings is 1. The highest BCUT2D eigenvalue weighted by atomic mass is 15.3. The third-order valence-corrected chi connectivity index (χ3v) is 4.31. The first-order valence-electron chi connectivity index (χ1n) is 7.82. The Bertz CT molecular complexity index is 336. The van der Waals surface area contributed by atoms with Gasteiger partial charge in [0.15, 0.2) is 0 Å². The van der Waals surface area contributed by atoms with Gasteiger partial charge in [0.05, 0.1) is 0 Å². The van der Waals surface area contributed by atoms with Crippen LogP contribution in [0.1, 0.15) is 19.3 Å². The lowest BCUT2D eigenvalue weighted by Gasteiger charge is -2.37. The van der Waals surface area contributed by atoms with Gasteiger partial charge in [0, 0.05) is 39.3 Å². The Morgan fingerprint density at radius 1 is 0.900 bits per heavy atom. The minimum absolute atomic E-state index is 0.954. The van der Waals surface area contributed by atoms with Gasteiger partial charge in [-0.15, -0.1) is 0 Å². The van der Waals surface area contributed by atoms with Crippen molar-refractivity contribution in [2.45, 2.75) is 19.3 Å². The summed E-state index contributed by atoms with van der Waals surface area (Å²) in [5.41, 5.74) is 0. The number of hydrogen-bond acceptors (Lipinski definition) is 4. The highest BCUT2D eigenvalue weighted by Gasteiger charge is 2.19. The van der Waals surface area contributed by atoms with Gasteiger partial charge in [0.25, 0.3) is 0 Å². The van der Waals surface area contributed by atoms with Crippen molar-refractivity contribution in [3.63, 3.8) is 0 Å². The van der Waals surface area contributed by atoms with Crippen molar-refractivity contribution in [3.8, 4) is 0 Å². The summed E-state index contributed by atoms with van der Waals surface area (Å²) in [5.74, 6) is 0.954. The van der Waals surface area contributed by atoms with E-state index < -0.39 is 0 Å². The van der Waals surface area contributed by atoms with Crippen LogP contribution < -0.4 is 0 Å². The average molecular weight is 276 g/mol. The van der Waals surface area contributed by atoms with Gasteiger partial charge in [-0.3, -0.25) is 4.90 Å². The smallest absolute Gasteiger partial charge is 0.127 e. The minimum atomic E-state index is 0.954. The maximum Gasteiger partial charge on any atom is 0.127 e. The monoisotopic (exact) mass is 276 g/mol. The molecule has 0 unspecified atom stereocenters. The molecule has 2 aliphatic heterocycles. The minimum Gasteiger partial charge on any atom is -0.354 e. The predicted molar refractivity (Wildman–Crippen MR) is 86.1 cm³/mol. The Morgan fingerprint density at radius 2 is 1.50 bits per heavy atom. The Morgan fingerprint density at radius 3 is 2.05 bits per heavy atom. The molecule has 2 saturated heterocycles. The maximum atomic E-state index is 4.08. The SMILES string of the molecule is C=C/C=C(\N=C)N1CCN(CCN2CCCCC2)CC1. The van der Waals surface area contributed by atoms with Gasteiger partial charge in [0.1, 0.15) is 5.82 Å². The van der Waals surface area contributed by atoms with Gasteiger partial charge in [0.2, 0.25) is 0 Å². The fourth-order valence-electron chi connectivity index (χ4n) is 3.03. The number of nitrogens with zero attached hydrogens (tertiary/aromatic N) is 4. The van der Waals surface area contributed by atoms with Crippen LogP contribution in [0, 0.1) is 0 Å². The van der Waals surface area contributed by atoms with E-state index in [1.807, 2.05) is 6.08 Å². The van der Waals surface area contributed by atoms with E-state index in [1.165, 1.54) is 45.4 Å². The van der Waals surface area contributed by atoms with E-state index in [0.29, 0.717) is 0 Å². The molecule has 0 N–H and O–H groups in total. The molecule has 0 aromatic heterocycles. The largest absolute Gasteiger partial charge is 0.354 e. The zero-order valence-corrected chi connectivity index (χ0v) is 12.6. The summed E-state index contributed by atoms with van der Waals surface area (Å²) in [5, 5.41) is 0. The summed E-state index contributed by atoms with van der Waals surface area (Å²) in [7, 11) is 0. The van der Waals surface area contributed by atoms with Crippen LogP contribution >= 0.6 is 0 Å². The number of aliphatic imine (C=N–C) groups is 1. The Labute approximate surface area is 123 Å². The van der Waals surface area contributed by atoms with Crippen LogP contribution in [-0.2, 0) is 0 Å². The van der Waals surface area contributed by atoms with Crippen molar-refractivity contribution in [2.75, 3.05) is 52.4 Å². The molecule has 112 valence electrons. The van der Waals surface area contributed by atoms with E-state index in [-0.39, 0.29) is 0 Å². The van der Waals surface area contributed by atoms with Crippen LogP contribution in [0.25, 0.3) is 0 Å². The summed E-state index contributed by atoms with van der Waals surface area (Å²) in [6.45, 7) is 16.7. The molecule has 0 bridgehead atoms. The second-order valence-corrected chi connectivity index (χ2v) is 5.65. The first kappa shape index (κ1) is 15.3. The summed E-state index contributed by atoms with van der Waals surface area (Å²) >= 11 is 0. The number of likely N-dealkylation sites (tertiary alicyclic amines) is 1. The van der Waals surface area contributed by atoms with Crippen LogP contribution in [0.5, 0.6) is 0 Å². The molecule has 0 amide bonds. The third-order valence-electron chi connectivity index (χ3n) is 4.31. The molecule has 4 heteroatoms. The molecule has 2 rings (SSSR count). The quantitative estimate of drug-likeness (QED) is 0.546. The number of rotatable bonds is 6. The van der Waals surface area contributed by atoms with Crippen LogP contribution in [-0.4, -0.2) is 73.8 Å². The highest BCUT2D eigenvalue weighted by molar-refractivity contribution is 5.29. The van der Waals surface area contributed by atoms with Gasteiger partial charge in [-0.05, 0) is 38.7 Å². The molecule has 2 heterocycles. The lowest BCUT2D eigenvalue weighted by molar-refractivity contribution is 0.131. The summed E-state index contributed by atoms with van der Waals surface area (Å²) in [6, 6.07) is 0. The van der Waals surface area contributed by atoms with E-state index in [1.54, 1.807) is 6.08 Å². The lowest BCUT2D eigenvalue weighted by atomic mass is 10.1. The fraction of sp³-hybridized carbons (Fsp3) is 0.688. The first-order valence-corrected chi connectivity index (χ1v) is 7.82. The molecule has 2 aliphatic rings. The van der Waals surface area contributed by atoms with E-state index in [4.69, 9.17) is 0 Å². The van der Waals surface area contributed by atoms with Crippen LogP contribution in [0.15, 0.2) is 29.5 Å². The zero-order chi connectivity index (χ0) is 14.2. The normalized spacial score (nSPS) is 22.8. The average Bonchev–Trinajstić information content (AvgIpc) is 2.52. The molecule has 0 radical (unpaired) electrons. The topological polar surface area (TPSA) is 22.1 Å². The second kappa shape index (κ2) is 8.22. The molecule has 0 atom stereocenters. The molecule has 2 fully saturated rings. The maximum absolute atomic E-state index is 4.08. The summed E-state index contributed by atoms with van der Waals surface area (Å²) < 4.78 is 0. The molecule has 0 aromatic rings. The number of allylic oxidation sites excluding steroid dienone is 2. The van der Waals surface area contributed by atoms with Gasteiger partial charge < -0.3 is 9.80 Å². The number of hydrogen-bond donors (Lipinski definition) is 0. The zero-order valence-electron chi connectivity index (χ0n) is 12.6. The van der Waals surface area contributed by atoms with Crippen LogP contribution in [0.3, 0.4) is 0 Å². The van der Waals surface area contributed by atoms with Gasteiger partial charge in [-0.25, -0.2) is 4.99 Å². The third kappa shape index (κ3) is 4.46. The van der Waals surface area contributed by atoms with Gasteiger partial charge in [-0.2, -0.15) is 0 Å². The van der Waals surface area contributed by atoms with Crippen molar-refractivity contribution < 1.29 is 0 Å². The molecule has 4 nitrogen and oxygen atoms in total. The highest BCUT2D eigenvalue weighted by Crippen LogP contribution is 2.12. The van der Waals surface area contributed by atoms with Crippen molar-refractivity contribution in [1.82, 2.24) is 14.7 Å². The van der Waals surface area contributed by atoms with E-state index in [9.17, 15) is 0 Å². The van der Waals surface area contributed by atoms with Crippen molar-refractivity contribution in [2.24, 2.45) is 4.99 Å². The van der Waals surface area contributed by atoms with E-state index in [2.05, 4.69) is 33.0 Å². The van der Waals surface area contributed by atoms with E-state index in [0.717, 1.165) is 32.0 Å². The first-order chi connectivity index (χ1) is 9.83. The molecule has 0 aromatic carbocycles. The molecule has 0 spiro atoms. The van der Waals surface area contributed by atoms with Crippen LogP contribution in [0.2, 0.25) is 0 Å². The lowest BCUT2D eigenvalue weighted by Crippen LogP contribution is -2.48. The molecule has 0 aliphatic carbocycles. The van der Waals surface area contributed by atoms with Crippen molar-refractivity contribution >= 4 is 6.72 Å². The fourth-order valence-corrected chi connectivity index (χ4v) is 3.03.